The number of nitrogens with zero attached hydrogens (tertiary/aromatic N) is 2. The normalized spacial score (nSPS) is 13.7. The molecule has 0 spiro atoms. The summed E-state index contributed by atoms with van der Waals surface area (Å²) < 4.78 is 0. The molecule has 1 aliphatic rings. The fourth-order valence-corrected chi connectivity index (χ4v) is 2.97. The van der Waals surface area contributed by atoms with Crippen LogP contribution in [0.2, 0.25) is 0 Å². The Morgan fingerprint density at radius 2 is 2.10 bits per heavy atom. The largest absolute Gasteiger partial charge is 0.306 e. The average Bonchev–Trinajstić information content (AvgIpc) is 3.10. The van der Waals surface area contributed by atoms with Gasteiger partial charge in [0.1, 0.15) is 0 Å². The number of carbonyl (C=O) groups excluding carboxylic acids is 1. The van der Waals surface area contributed by atoms with Crippen molar-refractivity contribution in [2.45, 2.75) is 13.3 Å². The zero-order valence-corrected chi connectivity index (χ0v) is 11.8. The van der Waals surface area contributed by atoms with Gasteiger partial charge < -0.3 is 4.90 Å². The van der Waals surface area contributed by atoms with Crippen molar-refractivity contribution in [2.24, 2.45) is 0 Å². The molecule has 3 aromatic rings. The molecule has 0 aliphatic carbocycles. The average molecular weight is 277 g/mol. The number of aryl methyl sites for hydroxylation is 1. The summed E-state index contributed by atoms with van der Waals surface area (Å²) in [7, 11) is 0. The molecule has 2 aromatic carbocycles. The second-order valence-corrected chi connectivity index (χ2v) is 5.46. The third kappa shape index (κ3) is 1.83. The first-order valence-electron chi connectivity index (χ1n) is 7.08. The summed E-state index contributed by atoms with van der Waals surface area (Å²) in [6.45, 7) is 2.74. The molecule has 21 heavy (non-hydrogen) atoms. The molecule has 4 heteroatoms. The third-order valence-corrected chi connectivity index (χ3v) is 4.05. The number of H-pyrrole nitrogens is 1. The molecule has 0 unspecified atom stereocenters. The Labute approximate surface area is 122 Å². The molecule has 1 N–H and O–H groups in total. The van der Waals surface area contributed by atoms with Crippen LogP contribution in [-0.2, 0) is 6.42 Å². The molecule has 4 nitrogen and oxygen atoms in total. The maximum absolute atomic E-state index is 12.8. The standard InChI is InChI=1S/C17H15N3O/c1-11-6-7-14-13(10-11)16(19-18-14)17(21)20-9-8-12-4-2-3-5-15(12)20/h2-7,10H,8-9H2,1H3,(H,18,19). The molecule has 1 aromatic heterocycles. The topological polar surface area (TPSA) is 49.0 Å². The van der Waals surface area contributed by atoms with Gasteiger partial charge in [-0.1, -0.05) is 29.8 Å². The van der Waals surface area contributed by atoms with E-state index in [0.717, 1.165) is 35.1 Å². The molecular formula is C17H15N3O. The van der Waals surface area contributed by atoms with Crippen molar-refractivity contribution in [1.82, 2.24) is 10.2 Å². The molecule has 2 heterocycles. The summed E-state index contributed by atoms with van der Waals surface area (Å²) in [5.74, 6) is -0.0307. The lowest BCUT2D eigenvalue weighted by Crippen LogP contribution is -2.29. The van der Waals surface area contributed by atoms with Gasteiger partial charge in [-0.3, -0.25) is 9.89 Å². The highest BCUT2D eigenvalue weighted by atomic mass is 16.2. The zero-order chi connectivity index (χ0) is 14.4. The fourth-order valence-electron chi connectivity index (χ4n) is 2.97. The smallest absolute Gasteiger partial charge is 0.279 e. The van der Waals surface area contributed by atoms with Gasteiger partial charge in [0.05, 0.1) is 5.52 Å². The van der Waals surface area contributed by atoms with E-state index in [-0.39, 0.29) is 5.91 Å². The molecule has 0 bridgehead atoms. The van der Waals surface area contributed by atoms with E-state index in [1.165, 1.54) is 5.56 Å². The highest BCUT2D eigenvalue weighted by molar-refractivity contribution is 6.13. The van der Waals surface area contributed by atoms with Crippen LogP contribution in [0.4, 0.5) is 5.69 Å². The van der Waals surface area contributed by atoms with Crippen LogP contribution in [0.5, 0.6) is 0 Å². The minimum absolute atomic E-state index is 0.0307. The van der Waals surface area contributed by atoms with Gasteiger partial charge in [-0.2, -0.15) is 5.10 Å². The van der Waals surface area contributed by atoms with E-state index in [2.05, 4.69) is 16.3 Å². The van der Waals surface area contributed by atoms with E-state index in [0.29, 0.717) is 5.69 Å². The lowest BCUT2D eigenvalue weighted by molar-refractivity contribution is 0.0986. The van der Waals surface area contributed by atoms with Crippen molar-refractivity contribution in [2.75, 3.05) is 11.4 Å². The van der Waals surface area contributed by atoms with Gasteiger partial charge in [-0.15, -0.1) is 0 Å². The van der Waals surface area contributed by atoms with Gasteiger partial charge in [0.15, 0.2) is 5.69 Å². The summed E-state index contributed by atoms with van der Waals surface area (Å²) in [5, 5.41) is 8.08. The van der Waals surface area contributed by atoms with E-state index in [9.17, 15) is 4.79 Å². The summed E-state index contributed by atoms with van der Waals surface area (Å²) in [6.07, 6.45) is 0.906. The predicted molar refractivity (Wildman–Crippen MR) is 82.7 cm³/mol. The Morgan fingerprint density at radius 3 is 3.00 bits per heavy atom. The maximum Gasteiger partial charge on any atom is 0.279 e. The van der Waals surface area contributed by atoms with Crippen LogP contribution < -0.4 is 4.90 Å². The second-order valence-electron chi connectivity index (χ2n) is 5.46. The Kier molecular flexibility index (Phi) is 2.57. The highest BCUT2D eigenvalue weighted by Gasteiger charge is 2.27. The number of amides is 1. The number of hydrogen-bond donors (Lipinski definition) is 1. The quantitative estimate of drug-likeness (QED) is 0.743. The van der Waals surface area contributed by atoms with Gasteiger partial charge in [0.25, 0.3) is 5.91 Å². The first-order chi connectivity index (χ1) is 10.2. The molecule has 0 radical (unpaired) electrons. The molecule has 104 valence electrons. The number of aromatic nitrogens is 2. The highest BCUT2D eigenvalue weighted by Crippen LogP contribution is 2.30. The van der Waals surface area contributed by atoms with Crippen LogP contribution in [-0.4, -0.2) is 22.6 Å². The summed E-state index contributed by atoms with van der Waals surface area (Å²) in [4.78, 5) is 14.7. The number of hydrogen-bond acceptors (Lipinski definition) is 2. The first-order valence-corrected chi connectivity index (χ1v) is 7.08. The van der Waals surface area contributed by atoms with E-state index >= 15 is 0 Å². The van der Waals surface area contributed by atoms with Crippen LogP contribution in [0.15, 0.2) is 42.5 Å². The summed E-state index contributed by atoms with van der Waals surface area (Å²) in [5.41, 5.74) is 4.76. The van der Waals surface area contributed by atoms with Crippen molar-refractivity contribution in [3.8, 4) is 0 Å². The van der Waals surface area contributed by atoms with Crippen molar-refractivity contribution >= 4 is 22.5 Å². The van der Waals surface area contributed by atoms with Crippen LogP contribution in [0.3, 0.4) is 0 Å². The summed E-state index contributed by atoms with van der Waals surface area (Å²) in [6, 6.07) is 14.0. The number of benzene rings is 2. The number of carbonyl (C=O) groups is 1. The third-order valence-electron chi connectivity index (χ3n) is 4.05. The number of anilines is 1. The fraction of sp³-hybridized carbons (Fsp3) is 0.176. The molecule has 0 saturated heterocycles. The molecule has 1 amide bonds. The monoisotopic (exact) mass is 277 g/mol. The van der Waals surface area contributed by atoms with E-state index in [4.69, 9.17) is 0 Å². The number of aromatic amines is 1. The Balaban J connectivity index is 1.80. The summed E-state index contributed by atoms with van der Waals surface area (Å²) >= 11 is 0. The number of para-hydroxylation sites is 1. The Bertz CT molecular complexity index is 850. The Hall–Kier alpha value is -2.62. The van der Waals surface area contributed by atoms with Crippen molar-refractivity contribution in [1.29, 1.82) is 0 Å². The lowest BCUT2D eigenvalue weighted by atomic mass is 10.1. The van der Waals surface area contributed by atoms with Crippen LogP contribution >= 0.6 is 0 Å². The molecule has 4 rings (SSSR count). The minimum atomic E-state index is -0.0307. The van der Waals surface area contributed by atoms with E-state index < -0.39 is 0 Å². The second kappa shape index (κ2) is 4.45. The van der Waals surface area contributed by atoms with Crippen molar-refractivity contribution < 1.29 is 4.79 Å². The molecule has 1 aliphatic heterocycles. The molecule has 0 saturated carbocycles. The van der Waals surface area contributed by atoms with Gasteiger partial charge in [-0.05, 0) is 37.1 Å². The molecule has 0 atom stereocenters. The van der Waals surface area contributed by atoms with Crippen LogP contribution in [0, 0.1) is 6.92 Å². The number of rotatable bonds is 1. The van der Waals surface area contributed by atoms with Gasteiger partial charge in [0.2, 0.25) is 0 Å². The van der Waals surface area contributed by atoms with E-state index in [1.54, 1.807) is 0 Å². The van der Waals surface area contributed by atoms with Gasteiger partial charge in [0, 0.05) is 17.6 Å². The minimum Gasteiger partial charge on any atom is -0.306 e. The predicted octanol–water partition coefficient (Wildman–Crippen LogP) is 3.07. The van der Waals surface area contributed by atoms with Gasteiger partial charge in [-0.25, -0.2) is 0 Å². The Morgan fingerprint density at radius 1 is 1.24 bits per heavy atom. The molecule has 0 fully saturated rings. The zero-order valence-electron chi connectivity index (χ0n) is 11.8. The van der Waals surface area contributed by atoms with Crippen LogP contribution in [0.25, 0.3) is 10.9 Å². The van der Waals surface area contributed by atoms with Gasteiger partial charge >= 0.3 is 0 Å². The lowest BCUT2D eigenvalue weighted by Gasteiger charge is -2.16. The van der Waals surface area contributed by atoms with Crippen molar-refractivity contribution in [3.63, 3.8) is 0 Å². The first kappa shape index (κ1) is 12.1. The molecular weight excluding hydrogens is 262 g/mol. The van der Waals surface area contributed by atoms with Crippen molar-refractivity contribution in [3.05, 3.63) is 59.3 Å². The number of nitrogens with one attached hydrogen (secondary N) is 1. The maximum atomic E-state index is 12.8. The SMILES string of the molecule is Cc1ccc2[nH]nc(C(=O)N3CCc4ccccc43)c2c1. The number of fused-ring (bicyclic) bond motifs is 2. The van der Waals surface area contributed by atoms with E-state index in [1.807, 2.05) is 48.2 Å². The van der Waals surface area contributed by atoms with Crippen LogP contribution in [0.1, 0.15) is 21.6 Å².